The molecule has 0 amide bonds. The number of methoxy groups -OCH3 is 1. The lowest BCUT2D eigenvalue weighted by Crippen LogP contribution is -2.09. The van der Waals surface area contributed by atoms with Gasteiger partial charge in [0.25, 0.3) is 0 Å². The number of hydrogen-bond donors (Lipinski definition) is 1. The molecule has 0 fully saturated rings. The minimum Gasteiger partial charge on any atom is -0.479 e. The quantitative estimate of drug-likeness (QED) is 0.617. The molecule has 3 heterocycles. The summed E-state index contributed by atoms with van der Waals surface area (Å²) in [6.45, 7) is 0.415. The van der Waals surface area contributed by atoms with E-state index in [4.69, 9.17) is 31.3 Å². The molecule has 1 aromatic carbocycles. The number of benzene rings is 1. The first-order chi connectivity index (χ1) is 14.1. The van der Waals surface area contributed by atoms with Crippen molar-refractivity contribution in [3.8, 4) is 11.3 Å². The molecule has 0 radical (unpaired) electrons. The van der Waals surface area contributed by atoms with Gasteiger partial charge < -0.3 is 19.7 Å². The topological polar surface area (TPSA) is 83.4 Å². The summed E-state index contributed by atoms with van der Waals surface area (Å²) in [5.41, 5.74) is 10.8. The van der Waals surface area contributed by atoms with Crippen LogP contribution in [-0.2, 0) is 28.9 Å². The van der Waals surface area contributed by atoms with Crippen LogP contribution >= 0.6 is 11.6 Å². The molecular weight excluding hydrogens is 390 g/mol. The Bertz CT molecular complexity index is 1010. The molecule has 1 aliphatic rings. The van der Waals surface area contributed by atoms with Gasteiger partial charge in [-0.3, -0.25) is 0 Å². The molecule has 7 heteroatoms. The van der Waals surface area contributed by atoms with Gasteiger partial charge >= 0.3 is 0 Å². The second-order valence-electron chi connectivity index (χ2n) is 7.03. The largest absolute Gasteiger partial charge is 0.479 e. The van der Waals surface area contributed by atoms with Crippen LogP contribution in [0.3, 0.4) is 0 Å². The van der Waals surface area contributed by atoms with Gasteiger partial charge in [0.2, 0.25) is 0 Å². The van der Waals surface area contributed by atoms with Crippen LogP contribution < -0.4 is 5.73 Å². The van der Waals surface area contributed by atoms with Crippen molar-refractivity contribution in [1.82, 2.24) is 10.1 Å². The van der Waals surface area contributed by atoms with Gasteiger partial charge in [-0.05, 0) is 40.9 Å². The Hall–Kier alpha value is -2.83. The van der Waals surface area contributed by atoms with Gasteiger partial charge in [-0.25, -0.2) is 4.98 Å². The highest BCUT2D eigenvalue weighted by atomic mass is 35.5. The predicted octanol–water partition coefficient (Wildman–Crippen LogP) is 4.47. The van der Waals surface area contributed by atoms with Crippen LogP contribution in [0.2, 0.25) is 0 Å². The number of pyridine rings is 1. The molecule has 2 N–H and O–H groups in total. The number of rotatable bonds is 7. The summed E-state index contributed by atoms with van der Waals surface area (Å²) in [7, 11) is 1.62. The lowest BCUT2D eigenvalue weighted by atomic mass is 10.0. The van der Waals surface area contributed by atoms with E-state index in [0.717, 1.165) is 35.4 Å². The molecule has 6 nitrogen and oxygen atoms in total. The summed E-state index contributed by atoms with van der Waals surface area (Å²) in [6, 6.07) is 14.1. The second kappa shape index (κ2) is 8.68. The molecule has 3 aromatic rings. The van der Waals surface area contributed by atoms with Crippen LogP contribution in [0, 0.1) is 0 Å². The number of ether oxygens (including phenoxy) is 2. The molecule has 0 aliphatic carbocycles. The first kappa shape index (κ1) is 19.5. The first-order valence-corrected chi connectivity index (χ1v) is 9.79. The van der Waals surface area contributed by atoms with Crippen molar-refractivity contribution < 1.29 is 14.0 Å². The maximum atomic E-state index is 6.06. The zero-order valence-electron chi connectivity index (χ0n) is 16.1. The van der Waals surface area contributed by atoms with Gasteiger partial charge in [0, 0.05) is 32.4 Å². The Kier molecular flexibility index (Phi) is 5.83. The summed E-state index contributed by atoms with van der Waals surface area (Å²) in [5.74, 6) is 1.00. The van der Waals surface area contributed by atoms with Crippen molar-refractivity contribution in [3.05, 3.63) is 76.3 Å². The lowest BCUT2D eigenvalue weighted by molar-refractivity contribution is 0.161. The summed E-state index contributed by atoms with van der Waals surface area (Å²) in [6.07, 6.45) is 4.41. The van der Waals surface area contributed by atoms with Gasteiger partial charge in [-0.15, -0.1) is 0 Å². The monoisotopic (exact) mass is 411 g/mol. The maximum absolute atomic E-state index is 6.06. The summed E-state index contributed by atoms with van der Waals surface area (Å²) < 4.78 is 16.1. The third kappa shape index (κ3) is 4.78. The van der Waals surface area contributed by atoms with E-state index in [9.17, 15) is 0 Å². The standard InChI is InChI=1S/C22H22ClN3O3/c1-27-13-16-6-8-19(22(24)25-16)20-12-17(26-29-20)10-14-2-4-15(5-3-14)11-18-7-9-21(23)28-18/h2-6,8-9,12,18H,7,10-11,13H2,1H3,(H2,24,25). The van der Waals surface area contributed by atoms with Gasteiger partial charge in [0.05, 0.1) is 23.6 Å². The van der Waals surface area contributed by atoms with Crippen molar-refractivity contribution in [2.24, 2.45) is 0 Å². The van der Waals surface area contributed by atoms with Crippen LogP contribution in [0.1, 0.15) is 28.9 Å². The zero-order chi connectivity index (χ0) is 20.2. The molecule has 0 saturated heterocycles. The molecule has 4 rings (SSSR count). The van der Waals surface area contributed by atoms with E-state index in [1.165, 1.54) is 5.56 Å². The molecule has 0 saturated carbocycles. The Balaban J connectivity index is 1.40. The second-order valence-corrected chi connectivity index (χ2v) is 7.40. The van der Waals surface area contributed by atoms with Crippen LogP contribution in [0.5, 0.6) is 0 Å². The predicted molar refractivity (Wildman–Crippen MR) is 111 cm³/mol. The molecule has 1 atom stereocenters. The third-order valence-electron chi connectivity index (χ3n) is 4.79. The highest BCUT2D eigenvalue weighted by molar-refractivity contribution is 6.28. The SMILES string of the molecule is COCc1ccc(-c2cc(Cc3ccc(CC4CC=C(Cl)O4)cc3)no2)c(N)n1. The van der Waals surface area contributed by atoms with Crippen molar-refractivity contribution in [1.29, 1.82) is 0 Å². The van der Waals surface area contributed by atoms with E-state index in [1.54, 1.807) is 7.11 Å². The Morgan fingerprint density at radius 2 is 1.93 bits per heavy atom. The Morgan fingerprint density at radius 3 is 2.62 bits per heavy atom. The number of nitrogens with zero attached hydrogens (tertiary/aromatic N) is 2. The number of anilines is 1. The molecule has 2 aromatic heterocycles. The summed E-state index contributed by atoms with van der Waals surface area (Å²) in [5, 5.41) is 4.67. The van der Waals surface area contributed by atoms with Crippen LogP contribution in [0.4, 0.5) is 5.82 Å². The number of hydrogen-bond acceptors (Lipinski definition) is 6. The highest BCUT2D eigenvalue weighted by Crippen LogP contribution is 2.27. The van der Waals surface area contributed by atoms with E-state index in [1.807, 2.05) is 24.3 Å². The highest BCUT2D eigenvalue weighted by Gasteiger charge is 2.17. The summed E-state index contributed by atoms with van der Waals surface area (Å²) in [4.78, 5) is 4.33. The molecule has 29 heavy (non-hydrogen) atoms. The Labute approximate surface area is 174 Å². The van der Waals surface area contributed by atoms with Gasteiger partial charge in [-0.1, -0.05) is 29.4 Å². The average Bonchev–Trinajstić information content (AvgIpc) is 3.33. The van der Waals surface area contributed by atoms with Crippen LogP contribution in [0.25, 0.3) is 11.3 Å². The van der Waals surface area contributed by atoms with Crippen LogP contribution in [-0.4, -0.2) is 23.4 Å². The number of nitrogens with two attached hydrogens (primary N) is 1. The normalized spacial score (nSPS) is 15.9. The number of nitrogen functional groups attached to an aromatic ring is 1. The minimum absolute atomic E-state index is 0.126. The smallest absolute Gasteiger partial charge is 0.183 e. The third-order valence-corrected chi connectivity index (χ3v) is 5.03. The van der Waals surface area contributed by atoms with Gasteiger partial charge in [0.15, 0.2) is 11.0 Å². The van der Waals surface area contributed by atoms with Crippen LogP contribution in [0.15, 0.2) is 58.3 Å². The van der Waals surface area contributed by atoms with E-state index in [2.05, 4.69) is 34.4 Å². The van der Waals surface area contributed by atoms with E-state index in [-0.39, 0.29) is 6.10 Å². The van der Waals surface area contributed by atoms with Crippen molar-refractivity contribution >= 4 is 17.4 Å². The molecule has 1 unspecified atom stereocenters. The minimum atomic E-state index is 0.126. The maximum Gasteiger partial charge on any atom is 0.183 e. The first-order valence-electron chi connectivity index (χ1n) is 9.41. The number of aromatic nitrogens is 2. The van der Waals surface area contributed by atoms with E-state index >= 15 is 0 Å². The lowest BCUT2D eigenvalue weighted by Gasteiger charge is -2.11. The number of halogens is 1. The van der Waals surface area contributed by atoms with E-state index in [0.29, 0.717) is 29.8 Å². The van der Waals surface area contributed by atoms with Crippen molar-refractivity contribution in [2.75, 3.05) is 12.8 Å². The fourth-order valence-corrected chi connectivity index (χ4v) is 3.56. The van der Waals surface area contributed by atoms with Gasteiger partial charge in [-0.2, -0.15) is 0 Å². The zero-order valence-corrected chi connectivity index (χ0v) is 16.9. The Morgan fingerprint density at radius 1 is 1.14 bits per heavy atom. The van der Waals surface area contributed by atoms with Gasteiger partial charge in [0.1, 0.15) is 11.9 Å². The molecule has 0 spiro atoms. The molecular formula is C22H22ClN3O3. The van der Waals surface area contributed by atoms with E-state index < -0.39 is 0 Å². The average molecular weight is 412 g/mol. The fourth-order valence-electron chi connectivity index (χ4n) is 3.35. The molecule has 150 valence electrons. The molecule has 1 aliphatic heterocycles. The molecule has 0 bridgehead atoms. The summed E-state index contributed by atoms with van der Waals surface area (Å²) >= 11 is 5.87. The van der Waals surface area contributed by atoms with Crippen molar-refractivity contribution in [3.63, 3.8) is 0 Å². The van der Waals surface area contributed by atoms with Crippen molar-refractivity contribution in [2.45, 2.75) is 32.0 Å². The fraction of sp³-hybridized carbons (Fsp3) is 0.273.